The molecular formula is C19H20N4O4S. The third-order valence-corrected chi connectivity index (χ3v) is 5.08. The second kappa shape index (κ2) is 8.57. The number of hydrogen-bond acceptors (Lipinski definition) is 5. The number of carbonyl (C=O) groups is 1. The molecule has 0 saturated carbocycles. The lowest BCUT2D eigenvalue weighted by atomic mass is 10.2. The van der Waals surface area contributed by atoms with Crippen molar-refractivity contribution in [1.29, 1.82) is 0 Å². The number of aromatic amines is 1. The number of sulfonamides is 1. The van der Waals surface area contributed by atoms with Gasteiger partial charge in [0.2, 0.25) is 0 Å². The molecule has 3 rings (SSSR count). The number of carbonyl (C=O) groups excluding carboxylic acids is 1. The van der Waals surface area contributed by atoms with Gasteiger partial charge < -0.3 is 10.1 Å². The SMILES string of the molecule is CCOc1ccc(NS(=O)(=O)c2cc(C(=O)NCc3ccccc3)n[nH]2)cc1. The number of rotatable bonds is 8. The Balaban J connectivity index is 1.65. The zero-order valence-electron chi connectivity index (χ0n) is 15.2. The van der Waals surface area contributed by atoms with Crippen LogP contribution in [0.1, 0.15) is 23.0 Å². The maximum absolute atomic E-state index is 12.5. The zero-order chi connectivity index (χ0) is 20.0. The van der Waals surface area contributed by atoms with Crippen molar-refractivity contribution in [3.63, 3.8) is 0 Å². The van der Waals surface area contributed by atoms with Gasteiger partial charge in [-0.3, -0.25) is 14.6 Å². The maximum atomic E-state index is 12.5. The van der Waals surface area contributed by atoms with Gasteiger partial charge in [-0.25, -0.2) is 0 Å². The zero-order valence-corrected chi connectivity index (χ0v) is 16.0. The molecule has 0 aliphatic heterocycles. The molecule has 146 valence electrons. The molecule has 0 aliphatic rings. The summed E-state index contributed by atoms with van der Waals surface area (Å²) < 4.78 is 32.7. The van der Waals surface area contributed by atoms with Crippen LogP contribution in [-0.4, -0.2) is 31.1 Å². The Labute approximate surface area is 163 Å². The highest BCUT2D eigenvalue weighted by Crippen LogP contribution is 2.19. The quantitative estimate of drug-likeness (QED) is 0.538. The van der Waals surface area contributed by atoms with E-state index in [1.54, 1.807) is 24.3 Å². The average molecular weight is 400 g/mol. The number of benzene rings is 2. The molecule has 3 N–H and O–H groups in total. The topological polar surface area (TPSA) is 113 Å². The summed E-state index contributed by atoms with van der Waals surface area (Å²) >= 11 is 0. The molecule has 1 amide bonds. The molecule has 0 atom stereocenters. The first-order valence-electron chi connectivity index (χ1n) is 8.61. The lowest BCUT2D eigenvalue weighted by Gasteiger charge is -2.07. The summed E-state index contributed by atoms with van der Waals surface area (Å²) in [5, 5.41) is 8.68. The fraction of sp³-hybridized carbons (Fsp3) is 0.158. The first-order chi connectivity index (χ1) is 13.5. The van der Waals surface area contributed by atoms with E-state index < -0.39 is 15.9 Å². The molecule has 0 fully saturated rings. The summed E-state index contributed by atoms with van der Waals surface area (Å²) in [7, 11) is -3.91. The minimum absolute atomic E-state index is 0.0111. The Morgan fingerprint density at radius 3 is 2.50 bits per heavy atom. The minimum atomic E-state index is -3.91. The number of nitrogens with zero attached hydrogens (tertiary/aromatic N) is 1. The molecule has 9 heteroatoms. The Bertz CT molecular complexity index is 1030. The van der Waals surface area contributed by atoms with Crippen LogP contribution in [0.25, 0.3) is 0 Å². The van der Waals surface area contributed by atoms with Crippen molar-refractivity contribution in [2.75, 3.05) is 11.3 Å². The van der Waals surface area contributed by atoms with Gasteiger partial charge in [-0.1, -0.05) is 30.3 Å². The van der Waals surface area contributed by atoms with Gasteiger partial charge in [0.1, 0.15) is 5.75 Å². The van der Waals surface area contributed by atoms with Crippen molar-refractivity contribution >= 4 is 21.6 Å². The van der Waals surface area contributed by atoms with E-state index in [4.69, 9.17) is 4.74 Å². The van der Waals surface area contributed by atoms with Gasteiger partial charge in [0, 0.05) is 18.3 Å². The summed E-state index contributed by atoms with van der Waals surface area (Å²) in [5.74, 6) is 0.173. The summed E-state index contributed by atoms with van der Waals surface area (Å²) in [5.41, 5.74) is 1.28. The first kappa shape index (κ1) is 19.4. The first-order valence-corrected chi connectivity index (χ1v) is 10.1. The molecule has 8 nitrogen and oxygen atoms in total. The van der Waals surface area contributed by atoms with Crippen LogP contribution in [0.2, 0.25) is 0 Å². The summed E-state index contributed by atoms with van der Waals surface area (Å²) in [4.78, 5) is 12.2. The van der Waals surface area contributed by atoms with Crippen molar-refractivity contribution in [3.8, 4) is 5.75 Å². The third kappa shape index (κ3) is 4.89. The molecule has 2 aromatic carbocycles. The van der Waals surface area contributed by atoms with Gasteiger partial charge in [-0.2, -0.15) is 13.5 Å². The van der Waals surface area contributed by atoms with Crippen LogP contribution in [0.4, 0.5) is 5.69 Å². The average Bonchev–Trinajstić information content (AvgIpc) is 3.20. The number of hydrogen-bond donors (Lipinski definition) is 3. The van der Waals surface area contributed by atoms with Gasteiger partial charge in [0.05, 0.1) is 6.61 Å². The Kier molecular flexibility index (Phi) is 5.95. The highest BCUT2D eigenvalue weighted by molar-refractivity contribution is 7.92. The maximum Gasteiger partial charge on any atom is 0.278 e. The van der Waals surface area contributed by atoms with E-state index in [2.05, 4.69) is 20.2 Å². The van der Waals surface area contributed by atoms with Crippen molar-refractivity contribution in [3.05, 3.63) is 71.9 Å². The summed E-state index contributed by atoms with van der Waals surface area (Å²) in [6.45, 7) is 2.70. The van der Waals surface area contributed by atoms with Crippen LogP contribution < -0.4 is 14.8 Å². The Morgan fingerprint density at radius 2 is 1.82 bits per heavy atom. The number of ether oxygens (including phenoxy) is 1. The number of anilines is 1. The lowest BCUT2D eigenvalue weighted by Crippen LogP contribution is -2.23. The van der Waals surface area contributed by atoms with E-state index in [0.29, 0.717) is 24.6 Å². The molecule has 1 aromatic heterocycles. The van der Waals surface area contributed by atoms with Gasteiger partial charge in [0.15, 0.2) is 10.7 Å². The van der Waals surface area contributed by atoms with Crippen LogP contribution in [0.3, 0.4) is 0 Å². The van der Waals surface area contributed by atoms with Crippen LogP contribution in [0, 0.1) is 0 Å². The van der Waals surface area contributed by atoms with E-state index in [1.165, 1.54) is 6.07 Å². The molecule has 28 heavy (non-hydrogen) atoms. The van der Waals surface area contributed by atoms with Gasteiger partial charge >= 0.3 is 0 Å². The molecular weight excluding hydrogens is 380 g/mol. The molecule has 3 aromatic rings. The fourth-order valence-corrected chi connectivity index (χ4v) is 3.41. The molecule has 0 radical (unpaired) electrons. The normalized spacial score (nSPS) is 11.0. The molecule has 0 unspecified atom stereocenters. The third-order valence-electron chi connectivity index (χ3n) is 3.79. The van der Waals surface area contributed by atoms with Crippen molar-refractivity contribution in [1.82, 2.24) is 15.5 Å². The number of nitrogens with one attached hydrogen (secondary N) is 3. The second-order valence-corrected chi connectivity index (χ2v) is 7.50. The monoisotopic (exact) mass is 400 g/mol. The predicted octanol–water partition coefficient (Wildman–Crippen LogP) is 2.54. The van der Waals surface area contributed by atoms with Crippen molar-refractivity contribution < 1.29 is 17.9 Å². The van der Waals surface area contributed by atoms with Crippen LogP contribution in [-0.2, 0) is 16.6 Å². The summed E-state index contributed by atoms with van der Waals surface area (Å²) in [6.07, 6.45) is 0. The van der Waals surface area contributed by atoms with Crippen molar-refractivity contribution in [2.45, 2.75) is 18.5 Å². The molecule has 0 aliphatic carbocycles. The van der Waals surface area contributed by atoms with Crippen LogP contribution in [0.5, 0.6) is 5.75 Å². The fourth-order valence-electron chi connectivity index (χ4n) is 2.42. The number of H-pyrrole nitrogens is 1. The predicted molar refractivity (Wildman–Crippen MR) is 105 cm³/mol. The molecule has 0 spiro atoms. The summed E-state index contributed by atoms with van der Waals surface area (Å²) in [6, 6.07) is 17.1. The highest BCUT2D eigenvalue weighted by Gasteiger charge is 2.20. The molecule has 0 saturated heterocycles. The van der Waals surface area contributed by atoms with E-state index in [0.717, 1.165) is 5.56 Å². The number of amides is 1. The van der Waals surface area contributed by atoms with Gasteiger partial charge in [-0.15, -0.1) is 0 Å². The van der Waals surface area contributed by atoms with E-state index in [-0.39, 0.29) is 10.7 Å². The standard InChI is InChI=1S/C19H20N4O4S/c1-2-27-16-10-8-15(9-11-16)23-28(25,26)18-12-17(21-22-18)19(24)20-13-14-6-4-3-5-7-14/h3-12,23H,2,13H2,1H3,(H,20,24)(H,21,22). The molecule has 0 bridgehead atoms. The minimum Gasteiger partial charge on any atom is -0.494 e. The second-order valence-electron chi connectivity index (χ2n) is 5.85. The smallest absolute Gasteiger partial charge is 0.278 e. The highest BCUT2D eigenvalue weighted by atomic mass is 32.2. The largest absolute Gasteiger partial charge is 0.494 e. The van der Waals surface area contributed by atoms with Crippen LogP contribution >= 0.6 is 0 Å². The van der Waals surface area contributed by atoms with E-state index in [1.807, 2.05) is 37.3 Å². The van der Waals surface area contributed by atoms with Crippen molar-refractivity contribution in [2.24, 2.45) is 0 Å². The molecule has 1 heterocycles. The van der Waals surface area contributed by atoms with Gasteiger partial charge in [-0.05, 0) is 36.8 Å². The number of aromatic nitrogens is 2. The Hall–Kier alpha value is -3.33. The lowest BCUT2D eigenvalue weighted by molar-refractivity contribution is 0.0946. The van der Waals surface area contributed by atoms with E-state index in [9.17, 15) is 13.2 Å². The van der Waals surface area contributed by atoms with Crippen LogP contribution in [0.15, 0.2) is 65.7 Å². The van der Waals surface area contributed by atoms with E-state index >= 15 is 0 Å². The Morgan fingerprint density at radius 1 is 1.11 bits per heavy atom. The van der Waals surface area contributed by atoms with Gasteiger partial charge in [0.25, 0.3) is 15.9 Å².